The van der Waals surface area contributed by atoms with Crippen LogP contribution in [0.5, 0.6) is 0 Å². The molecule has 0 radical (unpaired) electrons. The second kappa shape index (κ2) is 7.85. The second-order valence-corrected chi connectivity index (χ2v) is 7.31. The van der Waals surface area contributed by atoms with Gasteiger partial charge in [-0.05, 0) is 60.3 Å². The Hall–Kier alpha value is -1.11. The normalized spacial score (nSPS) is 26.6. The fourth-order valence-corrected chi connectivity index (χ4v) is 4.14. The lowest BCUT2D eigenvalue weighted by Crippen LogP contribution is -2.42. The Kier molecular flexibility index (Phi) is 6.28. The van der Waals surface area contributed by atoms with Gasteiger partial charge in [-0.2, -0.15) is 0 Å². The van der Waals surface area contributed by atoms with Crippen molar-refractivity contribution in [2.24, 2.45) is 17.6 Å². The number of nitrogens with zero attached hydrogens (tertiary/aromatic N) is 2. The first kappa shape index (κ1) is 19.2. The van der Waals surface area contributed by atoms with Gasteiger partial charge in [-0.25, -0.2) is 0 Å². The van der Waals surface area contributed by atoms with Crippen molar-refractivity contribution in [3.63, 3.8) is 0 Å². The molecule has 0 saturated carbocycles. The fraction of sp³-hybridized carbons (Fsp3) is 0.529. The third-order valence-electron chi connectivity index (χ3n) is 4.92. The zero-order valence-corrected chi connectivity index (χ0v) is 16.1. The van der Waals surface area contributed by atoms with Crippen LogP contribution in [-0.2, 0) is 9.59 Å². The van der Waals surface area contributed by atoms with Crippen LogP contribution in [0.3, 0.4) is 0 Å². The number of benzene rings is 1. The van der Waals surface area contributed by atoms with Gasteiger partial charge >= 0.3 is 0 Å². The molecular weight excluding hydrogens is 394 g/mol. The van der Waals surface area contributed by atoms with Gasteiger partial charge in [-0.15, -0.1) is 12.4 Å². The summed E-state index contributed by atoms with van der Waals surface area (Å²) in [4.78, 5) is 29.1. The van der Waals surface area contributed by atoms with Gasteiger partial charge in [0.1, 0.15) is 5.92 Å². The van der Waals surface area contributed by atoms with E-state index in [1.54, 1.807) is 4.90 Å². The Morgan fingerprint density at radius 3 is 2.71 bits per heavy atom. The molecule has 3 rings (SSSR count). The first-order valence-electron chi connectivity index (χ1n) is 8.09. The van der Waals surface area contributed by atoms with E-state index in [1.807, 2.05) is 36.1 Å². The van der Waals surface area contributed by atoms with Crippen LogP contribution in [-0.4, -0.2) is 42.4 Å². The molecule has 2 N–H and O–H groups in total. The van der Waals surface area contributed by atoms with Crippen LogP contribution in [0.4, 0.5) is 5.69 Å². The highest BCUT2D eigenvalue weighted by atomic mass is 79.9. The average Bonchev–Trinajstić information content (AvgIpc) is 3.10. The van der Waals surface area contributed by atoms with Gasteiger partial charge in [0, 0.05) is 23.6 Å². The fourth-order valence-electron chi connectivity index (χ4n) is 3.64. The molecule has 2 saturated heterocycles. The zero-order chi connectivity index (χ0) is 16.6. The SMILES string of the molecule is CC1CC(CN)CN1C(=O)C1CCN(c2ccccc2Br)C1=O.Cl. The van der Waals surface area contributed by atoms with E-state index in [-0.39, 0.29) is 30.3 Å². The summed E-state index contributed by atoms with van der Waals surface area (Å²) in [6.07, 6.45) is 1.51. The summed E-state index contributed by atoms with van der Waals surface area (Å²) in [5.74, 6) is -0.329. The molecule has 0 aliphatic carbocycles. The lowest BCUT2D eigenvalue weighted by Gasteiger charge is -2.25. The third kappa shape index (κ3) is 3.46. The van der Waals surface area contributed by atoms with E-state index in [1.165, 1.54) is 0 Å². The summed E-state index contributed by atoms with van der Waals surface area (Å²) < 4.78 is 0.874. The van der Waals surface area contributed by atoms with Crippen molar-refractivity contribution in [1.29, 1.82) is 0 Å². The number of hydrogen-bond donors (Lipinski definition) is 1. The first-order chi connectivity index (χ1) is 11.0. The maximum atomic E-state index is 12.8. The largest absolute Gasteiger partial charge is 0.339 e. The van der Waals surface area contributed by atoms with Crippen LogP contribution in [0.2, 0.25) is 0 Å². The summed E-state index contributed by atoms with van der Waals surface area (Å²) in [5.41, 5.74) is 6.57. The number of anilines is 1. The van der Waals surface area contributed by atoms with Crippen LogP contribution in [0, 0.1) is 11.8 Å². The van der Waals surface area contributed by atoms with Gasteiger partial charge in [-0.3, -0.25) is 9.59 Å². The number of amides is 2. The molecule has 2 heterocycles. The van der Waals surface area contributed by atoms with Gasteiger partial charge in [-0.1, -0.05) is 12.1 Å². The van der Waals surface area contributed by atoms with E-state index in [9.17, 15) is 9.59 Å². The minimum Gasteiger partial charge on any atom is -0.339 e. The number of nitrogens with two attached hydrogens (primary N) is 1. The molecule has 2 aliphatic rings. The molecule has 0 spiro atoms. The monoisotopic (exact) mass is 415 g/mol. The van der Waals surface area contributed by atoms with E-state index in [2.05, 4.69) is 15.9 Å². The minimum absolute atomic E-state index is 0. The average molecular weight is 417 g/mol. The quantitative estimate of drug-likeness (QED) is 0.770. The number of carbonyl (C=O) groups excluding carboxylic acids is 2. The Labute approximate surface area is 157 Å². The molecule has 24 heavy (non-hydrogen) atoms. The highest BCUT2D eigenvalue weighted by molar-refractivity contribution is 9.10. The summed E-state index contributed by atoms with van der Waals surface area (Å²) in [6, 6.07) is 7.79. The van der Waals surface area contributed by atoms with Crippen molar-refractivity contribution < 1.29 is 9.59 Å². The highest BCUT2D eigenvalue weighted by Gasteiger charge is 2.43. The maximum Gasteiger partial charge on any atom is 0.239 e. The maximum absolute atomic E-state index is 12.8. The summed E-state index contributed by atoms with van der Waals surface area (Å²) in [5, 5.41) is 0. The van der Waals surface area contributed by atoms with Crippen LogP contribution < -0.4 is 10.6 Å². The molecule has 2 fully saturated rings. The number of halogens is 2. The number of hydrogen-bond acceptors (Lipinski definition) is 3. The summed E-state index contributed by atoms with van der Waals surface area (Å²) in [7, 11) is 0. The van der Waals surface area contributed by atoms with Crippen molar-refractivity contribution in [2.45, 2.75) is 25.8 Å². The second-order valence-electron chi connectivity index (χ2n) is 6.46. The molecule has 2 amide bonds. The van der Waals surface area contributed by atoms with E-state index >= 15 is 0 Å². The smallest absolute Gasteiger partial charge is 0.239 e. The van der Waals surface area contributed by atoms with Gasteiger partial charge in [0.05, 0.1) is 5.69 Å². The van der Waals surface area contributed by atoms with Crippen LogP contribution >= 0.6 is 28.3 Å². The van der Waals surface area contributed by atoms with Gasteiger partial charge in [0.2, 0.25) is 11.8 Å². The zero-order valence-electron chi connectivity index (χ0n) is 13.7. The van der Waals surface area contributed by atoms with Crippen molar-refractivity contribution in [3.05, 3.63) is 28.7 Å². The number of para-hydroxylation sites is 1. The topological polar surface area (TPSA) is 66.6 Å². The molecule has 7 heteroatoms. The summed E-state index contributed by atoms with van der Waals surface area (Å²) >= 11 is 3.48. The van der Waals surface area contributed by atoms with Gasteiger partial charge in [0.25, 0.3) is 0 Å². The van der Waals surface area contributed by atoms with Crippen molar-refractivity contribution in [2.75, 3.05) is 24.5 Å². The Morgan fingerprint density at radius 2 is 2.08 bits per heavy atom. The molecule has 1 aromatic rings. The van der Waals surface area contributed by atoms with E-state index < -0.39 is 5.92 Å². The van der Waals surface area contributed by atoms with E-state index in [4.69, 9.17) is 5.73 Å². The van der Waals surface area contributed by atoms with Crippen LogP contribution in [0.15, 0.2) is 28.7 Å². The van der Waals surface area contributed by atoms with Gasteiger partial charge < -0.3 is 15.5 Å². The number of rotatable bonds is 3. The molecule has 5 nitrogen and oxygen atoms in total. The first-order valence-corrected chi connectivity index (χ1v) is 8.88. The predicted octanol–water partition coefficient (Wildman–Crippen LogP) is 2.42. The molecule has 2 aliphatic heterocycles. The lowest BCUT2D eigenvalue weighted by molar-refractivity contribution is -0.140. The Balaban J connectivity index is 0.00000208. The molecule has 0 aromatic heterocycles. The molecule has 0 bridgehead atoms. The van der Waals surface area contributed by atoms with Crippen LogP contribution in [0.1, 0.15) is 19.8 Å². The predicted molar refractivity (Wildman–Crippen MR) is 100 cm³/mol. The summed E-state index contributed by atoms with van der Waals surface area (Å²) in [6.45, 7) is 3.89. The van der Waals surface area contributed by atoms with Crippen molar-refractivity contribution in [1.82, 2.24) is 4.90 Å². The van der Waals surface area contributed by atoms with Gasteiger partial charge in [0.15, 0.2) is 0 Å². The number of likely N-dealkylation sites (tertiary alicyclic amines) is 1. The lowest BCUT2D eigenvalue weighted by atomic mass is 10.1. The molecule has 132 valence electrons. The molecule has 3 unspecified atom stereocenters. The highest BCUT2D eigenvalue weighted by Crippen LogP contribution is 2.33. The standard InChI is InChI=1S/C17H22BrN3O2.ClH/c1-11-8-12(9-19)10-21(11)17(23)13-6-7-20(16(13)22)15-5-3-2-4-14(15)18;/h2-5,11-13H,6-10,19H2,1H3;1H. The van der Waals surface area contributed by atoms with Crippen LogP contribution in [0.25, 0.3) is 0 Å². The van der Waals surface area contributed by atoms with E-state index in [0.717, 1.165) is 16.6 Å². The third-order valence-corrected chi connectivity index (χ3v) is 5.60. The minimum atomic E-state index is -0.555. The van der Waals surface area contributed by atoms with Crippen molar-refractivity contribution >= 4 is 45.8 Å². The van der Waals surface area contributed by atoms with E-state index in [0.29, 0.717) is 32.0 Å². The van der Waals surface area contributed by atoms with Crippen molar-refractivity contribution in [3.8, 4) is 0 Å². The Morgan fingerprint density at radius 1 is 1.38 bits per heavy atom. The molecule has 1 aromatic carbocycles. The Bertz CT molecular complexity index is 628. The number of carbonyl (C=O) groups is 2. The molecular formula is C17H23BrClN3O2. The molecule has 3 atom stereocenters.